The topological polar surface area (TPSA) is 78.9 Å². The first kappa shape index (κ1) is 23.4. The smallest absolute Gasteiger partial charge is 0.217 e. The molecule has 3 aromatic rings. The summed E-state index contributed by atoms with van der Waals surface area (Å²) in [5.41, 5.74) is 1.69. The minimum absolute atomic E-state index is 0.0834. The van der Waals surface area contributed by atoms with Gasteiger partial charge < -0.3 is 24.3 Å². The monoisotopic (exact) mass is 462 g/mol. The summed E-state index contributed by atoms with van der Waals surface area (Å²) in [6.07, 6.45) is 4.19. The van der Waals surface area contributed by atoms with Crippen LogP contribution in [0.25, 0.3) is 0 Å². The maximum atomic E-state index is 11.3. The average molecular weight is 463 g/mol. The van der Waals surface area contributed by atoms with Gasteiger partial charge in [-0.1, -0.05) is 12.1 Å². The molecular weight excluding hydrogens is 432 g/mol. The molecule has 7 heteroatoms. The van der Waals surface area contributed by atoms with Gasteiger partial charge in [0.25, 0.3) is 0 Å². The van der Waals surface area contributed by atoms with Crippen molar-refractivity contribution in [3.05, 3.63) is 72.1 Å². The summed E-state index contributed by atoms with van der Waals surface area (Å²) < 4.78 is 23.1. The van der Waals surface area contributed by atoms with E-state index >= 15 is 0 Å². The van der Waals surface area contributed by atoms with Gasteiger partial charge >= 0.3 is 0 Å². The zero-order valence-electron chi connectivity index (χ0n) is 19.7. The number of carbonyl (C=O) groups excluding carboxylic acids is 1. The Morgan fingerprint density at radius 2 is 1.85 bits per heavy atom. The fourth-order valence-corrected chi connectivity index (χ4v) is 3.43. The van der Waals surface area contributed by atoms with Crippen molar-refractivity contribution in [3.63, 3.8) is 0 Å². The number of amides is 1. The van der Waals surface area contributed by atoms with Crippen LogP contribution < -0.4 is 24.3 Å². The Balaban J connectivity index is 1.33. The van der Waals surface area contributed by atoms with Crippen molar-refractivity contribution in [1.29, 1.82) is 0 Å². The van der Waals surface area contributed by atoms with E-state index in [1.807, 2.05) is 61.5 Å². The molecule has 1 amide bonds. The number of pyridine rings is 1. The number of nitrogens with zero attached hydrogens (tertiary/aromatic N) is 1. The van der Waals surface area contributed by atoms with Gasteiger partial charge in [-0.05, 0) is 67.6 Å². The Bertz CT molecular complexity index is 1110. The summed E-state index contributed by atoms with van der Waals surface area (Å²) in [6, 6.07) is 16.8. The van der Waals surface area contributed by atoms with Crippen LogP contribution in [0.1, 0.15) is 44.0 Å². The van der Waals surface area contributed by atoms with Gasteiger partial charge in [-0.25, -0.2) is 0 Å². The highest BCUT2D eigenvalue weighted by Crippen LogP contribution is 2.32. The Hall–Kier alpha value is -3.74. The molecule has 34 heavy (non-hydrogen) atoms. The Kier molecular flexibility index (Phi) is 7.52. The van der Waals surface area contributed by atoms with Crippen molar-refractivity contribution >= 4 is 5.91 Å². The third-order valence-electron chi connectivity index (χ3n) is 5.50. The van der Waals surface area contributed by atoms with Crippen molar-refractivity contribution in [1.82, 2.24) is 10.3 Å². The molecule has 0 radical (unpaired) electrons. The largest absolute Gasteiger partial charge is 0.493 e. The van der Waals surface area contributed by atoms with Crippen LogP contribution in [0.3, 0.4) is 0 Å². The van der Waals surface area contributed by atoms with Crippen molar-refractivity contribution in [3.8, 4) is 28.7 Å². The second kappa shape index (κ2) is 10.9. The van der Waals surface area contributed by atoms with Crippen molar-refractivity contribution < 1.29 is 23.7 Å². The standard InChI is InChI=1S/C27H30N2O5/c1-18(29-19(2)30)21-9-12-26(27(13-21)31-3)33-17-22-10-11-25(15-28-22)34-24-6-4-5-23(14-24)32-16-20-7-8-20/h4-6,9-15,18,20H,7-8,16-17H2,1-3H3,(H,29,30). The predicted octanol–water partition coefficient (Wildman–Crippen LogP) is 5.45. The minimum atomic E-state index is -0.125. The van der Waals surface area contributed by atoms with Gasteiger partial charge in [0.2, 0.25) is 5.91 Å². The molecule has 2 aromatic carbocycles. The molecule has 0 spiro atoms. The van der Waals surface area contributed by atoms with E-state index in [0.717, 1.165) is 23.6 Å². The van der Waals surface area contributed by atoms with Gasteiger partial charge in [-0.15, -0.1) is 0 Å². The van der Waals surface area contributed by atoms with Crippen LogP contribution >= 0.6 is 0 Å². The van der Waals surface area contributed by atoms with Crippen LogP contribution in [0.2, 0.25) is 0 Å². The first-order chi connectivity index (χ1) is 16.5. The molecule has 0 bridgehead atoms. The van der Waals surface area contributed by atoms with E-state index in [1.54, 1.807) is 13.3 Å². The molecule has 0 saturated heterocycles. The molecule has 178 valence electrons. The van der Waals surface area contributed by atoms with E-state index < -0.39 is 0 Å². The van der Waals surface area contributed by atoms with Gasteiger partial charge in [0.1, 0.15) is 23.9 Å². The maximum Gasteiger partial charge on any atom is 0.217 e. The molecule has 1 unspecified atom stereocenters. The number of hydrogen-bond acceptors (Lipinski definition) is 6. The van der Waals surface area contributed by atoms with E-state index in [1.165, 1.54) is 19.8 Å². The molecular formula is C27H30N2O5. The van der Waals surface area contributed by atoms with E-state index in [9.17, 15) is 4.79 Å². The van der Waals surface area contributed by atoms with Crippen molar-refractivity contribution in [2.75, 3.05) is 13.7 Å². The first-order valence-electron chi connectivity index (χ1n) is 11.4. The van der Waals surface area contributed by atoms with Gasteiger partial charge in [-0.3, -0.25) is 9.78 Å². The number of benzene rings is 2. The van der Waals surface area contributed by atoms with E-state index in [2.05, 4.69) is 10.3 Å². The van der Waals surface area contributed by atoms with Crippen LogP contribution in [0.15, 0.2) is 60.8 Å². The van der Waals surface area contributed by atoms with Crippen LogP contribution in [0, 0.1) is 5.92 Å². The molecule has 1 aliphatic rings. The SMILES string of the molecule is COc1cc(C(C)NC(C)=O)ccc1OCc1ccc(Oc2cccc(OCC3CC3)c2)cn1. The highest BCUT2D eigenvalue weighted by atomic mass is 16.5. The molecule has 1 fully saturated rings. The lowest BCUT2D eigenvalue weighted by molar-refractivity contribution is -0.119. The summed E-state index contributed by atoms with van der Waals surface area (Å²) in [6.45, 7) is 4.46. The number of nitrogens with one attached hydrogen (secondary N) is 1. The summed E-state index contributed by atoms with van der Waals surface area (Å²) >= 11 is 0. The second-order valence-corrected chi connectivity index (χ2v) is 8.44. The lowest BCUT2D eigenvalue weighted by Gasteiger charge is -2.16. The normalized spacial score (nSPS) is 13.6. The van der Waals surface area contributed by atoms with Crippen LogP contribution in [0.5, 0.6) is 28.7 Å². The number of ether oxygens (including phenoxy) is 4. The zero-order valence-corrected chi connectivity index (χ0v) is 19.7. The Labute approximate surface area is 200 Å². The summed E-state index contributed by atoms with van der Waals surface area (Å²) in [5.74, 6) is 3.97. The van der Waals surface area contributed by atoms with E-state index in [0.29, 0.717) is 28.9 Å². The first-order valence-corrected chi connectivity index (χ1v) is 11.4. The number of aromatic nitrogens is 1. The molecule has 1 heterocycles. The van der Waals surface area contributed by atoms with Crippen molar-refractivity contribution in [2.24, 2.45) is 5.92 Å². The number of rotatable bonds is 11. The van der Waals surface area contributed by atoms with Gasteiger partial charge in [0.05, 0.1) is 31.6 Å². The van der Waals surface area contributed by atoms with Gasteiger partial charge in [0, 0.05) is 13.0 Å². The fraction of sp³-hybridized carbons (Fsp3) is 0.333. The number of hydrogen-bond donors (Lipinski definition) is 1. The van der Waals surface area contributed by atoms with Gasteiger partial charge in [-0.2, -0.15) is 0 Å². The summed E-state index contributed by atoms with van der Waals surface area (Å²) in [5, 5.41) is 2.86. The van der Waals surface area contributed by atoms with Crippen LogP contribution in [0.4, 0.5) is 0 Å². The fourth-order valence-electron chi connectivity index (χ4n) is 3.43. The van der Waals surface area contributed by atoms with E-state index in [4.69, 9.17) is 18.9 Å². The van der Waals surface area contributed by atoms with Crippen molar-refractivity contribution in [2.45, 2.75) is 39.3 Å². The predicted molar refractivity (Wildman–Crippen MR) is 129 cm³/mol. The lowest BCUT2D eigenvalue weighted by atomic mass is 10.1. The van der Waals surface area contributed by atoms with Gasteiger partial charge in [0.15, 0.2) is 11.5 Å². The summed E-state index contributed by atoms with van der Waals surface area (Å²) in [7, 11) is 1.59. The van der Waals surface area contributed by atoms with Crippen LogP contribution in [-0.4, -0.2) is 24.6 Å². The highest BCUT2D eigenvalue weighted by Gasteiger charge is 2.21. The number of methoxy groups -OCH3 is 1. The quantitative estimate of drug-likeness (QED) is 0.408. The molecule has 1 saturated carbocycles. The third-order valence-corrected chi connectivity index (χ3v) is 5.50. The van der Waals surface area contributed by atoms with Crippen LogP contribution in [-0.2, 0) is 11.4 Å². The molecule has 1 aromatic heterocycles. The molecule has 7 nitrogen and oxygen atoms in total. The maximum absolute atomic E-state index is 11.3. The minimum Gasteiger partial charge on any atom is -0.493 e. The Morgan fingerprint density at radius 3 is 2.56 bits per heavy atom. The molecule has 0 aliphatic heterocycles. The number of carbonyl (C=O) groups is 1. The second-order valence-electron chi connectivity index (χ2n) is 8.44. The lowest BCUT2D eigenvalue weighted by Crippen LogP contribution is -2.23. The molecule has 1 atom stereocenters. The zero-order chi connectivity index (χ0) is 23.9. The molecule has 4 rings (SSSR count). The Morgan fingerprint density at radius 1 is 1.03 bits per heavy atom. The highest BCUT2D eigenvalue weighted by molar-refractivity contribution is 5.73. The molecule has 1 N–H and O–H groups in total. The third kappa shape index (κ3) is 6.63. The summed E-state index contributed by atoms with van der Waals surface area (Å²) in [4.78, 5) is 15.8. The molecule has 1 aliphatic carbocycles. The van der Waals surface area contributed by atoms with E-state index in [-0.39, 0.29) is 18.6 Å². The average Bonchev–Trinajstić information content (AvgIpc) is 3.67.